The largest absolute Gasteiger partial charge is 0.355 e. The van der Waals surface area contributed by atoms with Gasteiger partial charge in [0.05, 0.1) is 11.5 Å². The van der Waals surface area contributed by atoms with Gasteiger partial charge in [0, 0.05) is 30.9 Å². The standard InChI is InChI=1S/C12H19N3O2S/c1-9(13)11-4-3-6-14-12(11)15(2)10-5-7-18(16,17)8-10/h3-4,6,9-10H,5,7-8,13H2,1-2H3/t9-,10?/m1/s1. The van der Waals surface area contributed by atoms with Crippen molar-refractivity contribution in [2.75, 3.05) is 23.5 Å². The molecule has 5 nitrogen and oxygen atoms in total. The van der Waals surface area contributed by atoms with Crippen LogP contribution in [0.4, 0.5) is 5.82 Å². The van der Waals surface area contributed by atoms with Gasteiger partial charge >= 0.3 is 0 Å². The van der Waals surface area contributed by atoms with Crippen molar-refractivity contribution < 1.29 is 8.42 Å². The molecule has 100 valence electrons. The van der Waals surface area contributed by atoms with Crippen LogP contribution in [0.15, 0.2) is 18.3 Å². The van der Waals surface area contributed by atoms with E-state index in [-0.39, 0.29) is 23.6 Å². The molecule has 0 spiro atoms. The average Bonchev–Trinajstić information content (AvgIpc) is 2.68. The summed E-state index contributed by atoms with van der Waals surface area (Å²) in [6.45, 7) is 1.90. The van der Waals surface area contributed by atoms with Gasteiger partial charge in [-0.3, -0.25) is 0 Å². The molecule has 1 unspecified atom stereocenters. The van der Waals surface area contributed by atoms with Crippen LogP contribution in [0.1, 0.15) is 24.9 Å². The quantitative estimate of drug-likeness (QED) is 0.875. The number of aromatic nitrogens is 1. The third-order valence-corrected chi connectivity index (χ3v) is 5.15. The van der Waals surface area contributed by atoms with Gasteiger partial charge in [-0.25, -0.2) is 13.4 Å². The van der Waals surface area contributed by atoms with Gasteiger partial charge in [0.1, 0.15) is 5.82 Å². The summed E-state index contributed by atoms with van der Waals surface area (Å²) in [4.78, 5) is 6.29. The summed E-state index contributed by atoms with van der Waals surface area (Å²) in [5, 5.41) is 0. The fourth-order valence-electron chi connectivity index (χ4n) is 2.31. The van der Waals surface area contributed by atoms with Gasteiger partial charge < -0.3 is 10.6 Å². The van der Waals surface area contributed by atoms with Crippen molar-refractivity contribution in [3.05, 3.63) is 23.9 Å². The smallest absolute Gasteiger partial charge is 0.152 e. The summed E-state index contributed by atoms with van der Waals surface area (Å²) in [5.41, 5.74) is 6.87. The van der Waals surface area contributed by atoms with Crippen molar-refractivity contribution in [2.24, 2.45) is 5.73 Å². The normalized spacial score (nSPS) is 23.8. The van der Waals surface area contributed by atoms with E-state index in [1.165, 1.54) is 0 Å². The van der Waals surface area contributed by atoms with Crippen molar-refractivity contribution >= 4 is 15.7 Å². The molecule has 0 amide bonds. The highest BCUT2D eigenvalue weighted by Crippen LogP contribution is 2.26. The molecule has 2 rings (SSSR count). The molecule has 0 saturated carbocycles. The molecule has 0 aromatic carbocycles. The molecular formula is C12H19N3O2S. The number of rotatable bonds is 3. The zero-order valence-electron chi connectivity index (χ0n) is 10.7. The Kier molecular flexibility index (Phi) is 3.59. The molecule has 0 bridgehead atoms. The molecule has 1 saturated heterocycles. The highest BCUT2D eigenvalue weighted by molar-refractivity contribution is 7.91. The van der Waals surface area contributed by atoms with Crippen molar-refractivity contribution in [1.82, 2.24) is 4.98 Å². The van der Waals surface area contributed by atoms with E-state index in [1.807, 2.05) is 31.0 Å². The van der Waals surface area contributed by atoms with Crippen molar-refractivity contribution in [3.8, 4) is 0 Å². The Morgan fingerprint density at radius 2 is 2.28 bits per heavy atom. The first-order valence-electron chi connectivity index (χ1n) is 6.04. The molecule has 1 aliphatic heterocycles. The lowest BCUT2D eigenvalue weighted by Gasteiger charge is -2.27. The van der Waals surface area contributed by atoms with Crippen LogP contribution >= 0.6 is 0 Å². The van der Waals surface area contributed by atoms with E-state index in [0.717, 1.165) is 11.4 Å². The van der Waals surface area contributed by atoms with E-state index in [4.69, 9.17) is 5.73 Å². The second-order valence-corrected chi connectivity index (χ2v) is 7.10. The molecule has 1 fully saturated rings. The number of hydrogen-bond acceptors (Lipinski definition) is 5. The van der Waals surface area contributed by atoms with Crippen LogP contribution in [0.5, 0.6) is 0 Å². The lowest BCUT2D eigenvalue weighted by molar-refractivity contribution is 0.600. The fourth-order valence-corrected chi connectivity index (χ4v) is 4.09. The van der Waals surface area contributed by atoms with Gasteiger partial charge in [0.25, 0.3) is 0 Å². The van der Waals surface area contributed by atoms with Gasteiger partial charge in [-0.05, 0) is 19.4 Å². The SMILES string of the molecule is C[C@@H](N)c1cccnc1N(C)C1CCS(=O)(=O)C1. The lowest BCUT2D eigenvalue weighted by atomic mass is 10.1. The van der Waals surface area contributed by atoms with Crippen LogP contribution in [-0.4, -0.2) is 38.0 Å². The maximum atomic E-state index is 11.5. The third-order valence-electron chi connectivity index (χ3n) is 3.40. The molecule has 0 aliphatic carbocycles. The maximum absolute atomic E-state index is 11.5. The molecule has 1 aromatic rings. The predicted molar refractivity (Wildman–Crippen MR) is 72.3 cm³/mol. The second-order valence-electron chi connectivity index (χ2n) is 4.87. The second kappa shape index (κ2) is 4.85. The molecule has 1 aliphatic rings. The Morgan fingerprint density at radius 1 is 1.56 bits per heavy atom. The number of pyridine rings is 1. The number of nitrogens with two attached hydrogens (primary N) is 1. The topological polar surface area (TPSA) is 76.3 Å². The molecule has 2 heterocycles. The summed E-state index contributed by atoms with van der Waals surface area (Å²) < 4.78 is 23.0. The Labute approximate surface area is 108 Å². The minimum atomic E-state index is -2.88. The van der Waals surface area contributed by atoms with Crippen molar-refractivity contribution in [1.29, 1.82) is 0 Å². The summed E-state index contributed by atoms with van der Waals surface area (Å²) in [6.07, 6.45) is 2.37. The predicted octanol–water partition coefficient (Wildman–Crippen LogP) is 0.725. The van der Waals surface area contributed by atoms with Gasteiger partial charge in [-0.1, -0.05) is 6.07 Å². The Balaban J connectivity index is 2.27. The molecule has 0 radical (unpaired) electrons. The maximum Gasteiger partial charge on any atom is 0.152 e. The number of sulfone groups is 1. The molecule has 2 atom stereocenters. The van der Waals surface area contributed by atoms with Crippen molar-refractivity contribution in [2.45, 2.75) is 25.4 Å². The van der Waals surface area contributed by atoms with Crippen LogP contribution in [-0.2, 0) is 9.84 Å². The summed E-state index contributed by atoms with van der Waals surface area (Å²) in [7, 11) is -0.994. The van der Waals surface area contributed by atoms with Gasteiger partial charge in [-0.2, -0.15) is 0 Å². The Hall–Kier alpha value is -1.14. The van der Waals surface area contributed by atoms with E-state index >= 15 is 0 Å². The van der Waals surface area contributed by atoms with Crippen molar-refractivity contribution in [3.63, 3.8) is 0 Å². The third kappa shape index (κ3) is 2.64. The molecule has 1 aromatic heterocycles. The lowest BCUT2D eigenvalue weighted by Crippen LogP contribution is -2.34. The van der Waals surface area contributed by atoms with E-state index in [0.29, 0.717) is 6.42 Å². The fraction of sp³-hybridized carbons (Fsp3) is 0.583. The van der Waals surface area contributed by atoms with E-state index < -0.39 is 9.84 Å². The van der Waals surface area contributed by atoms with E-state index in [9.17, 15) is 8.42 Å². The van der Waals surface area contributed by atoms with Crippen LogP contribution in [0, 0.1) is 0 Å². The Bertz CT molecular complexity index is 528. The van der Waals surface area contributed by atoms with Crippen LogP contribution in [0.2, 0.25) is 0 Å². The minimum Gasteiger partial charge on any atom is -0.355 e. The van der Waals surface area contributed by atoms with Gasteiger partial charge in [-0.15, -0.1) is 0 Å². The summed E-state index contributed by atoms with van der Waals surface area (Å²) in [5.74, 6) is 1.26. The average molecular weight is 269 g/mol. The first kappa shape index (κ1) is 13.3. The van der Waals surface area contributed by atoms with Gasteiger partial charge in [0.15, 0.2) is 9.84 Å². The van der Waals surface area contributed by atoms with E-state index in [1.54, 1.807) is 6.20 Å². The zero-order valence-corrected chi connectivity index (χ0v) is 11.5. The van der Waals surface area contributed by atoms with Crippen LogP contribution in [0.25, 0.3) is 0 Å². The summed E-state index contributed by atoms with van der Waals surface area (Å²) in [6, 6.07) is 3.67. The number of anilines is 1. The summed E-state index contributed by atoms with van der Waals surface area (Å²) >= 11 is 0. The molecular weight excluding hydrogens is 250 g/mol. The molecule has 2 N–H and O–H groups in total. The molecule has 18 heavy (non-hydrogen) atoms. The highest BCUT2D eigenvalue weighted by atomic mass is 32.2. The monoisotopic (exact) mass is 269 g/mol. The first-order chi connectivity index (χ1) is 8.41. The number of nitrogens with zero attached hydrogens (tertiary/aromatic N) is 2. The Morgan fingerprint density at radius 3 is 2.83 bits per heavy atom. The zero-order chi connectivity index (χ0) is 13.3. The molecule has 6 heteroatoms. The van der Waals surface area contributed by atoms with Crippen LogP contribution < -0.4 is 10.6 Å². The highest BCUT2D eigenvalue weighted by Gasteiger charge is 2.32. The number of hydrogen-bond donors (Lipinski definition) is 1. The van der Waals surface area contributed by atoms with Crippen LogP contribution in [0.3, 0.4) is 0 Å². The van der Waals surface area contributed by atoms with E-state index in [2.05, 4.69) is 4.98 Å². The minimum absolute atomic E-state index is 0.00222. The first-order valence-corrected chi connectivity index (χ1v) is 7.86. The van der Waals surface area contributed by atoms with Gasteiger partial charge in [0.2, 0.25) is 0 Å².